The van der Waals surface area contributed by atoms with Crippen LogP contribution in [0.3, 0.4) is 0 Å². The van der Waals surface area contributed by atoms with Crippen LogP contribution in [0.25, 0.3) is 22.3 Å². The summed E-state index contributed by atoms with van der Waals surface area (Å²) >= 11 is 0. The third-order valence-corrected chi connectivity index (χ3v) is 9.57. The molecule has 20 nitrogen and oxygen atoms in total. The second-order valence-electron chi connectivity index (χ2n) is 13.2. The van der Waals surface area contributed by atoms with E-state index >= 15 is 0 Å². The van der Waals surface area contributed by atoms with E-state index in [0.717, 1.165) is 12.1 Å². The summed E-state index contributed by atoms with van der Waals surface area (Å²) in [5, 5.41) is 114. The molecule has 0 bridgehead atoms. The van der Waals surface area contributed by atoms with Gasteiger partial charge in [0.2, 0.25) is 23.8 Å². The number of hydrogen-bond acceptors (Lipinski definition) is 20. The molecule has 54 heavy (non-hydrogen) atoms. The molecule has 0 amide bonds. The summed E-state index contributed by atoms with van der Waals surface area (Å²) in [5.41, 5.74) is -1.30. The molecule has 298 valence electrons. The van der Waals surface area contributed by atoms with Crippen LogP contribution in [0.5, 0.6) is 28.7 Å². The molecule has 11 N–H and O–H groups in total. The van der Waals surface area contributed by atoms with Crippen molar-refractivity contribution in [2.75, 3.05) is 13.7 Å². The van der Waals surface area contributed by atoms with Crippen LogP contribution in [0.1, 0.15) is 13.8 Å². The van der Waals surface area contributed by atoms with Gasteiger partial charge in [0.05, 0.1) is 25.9 Å². The normalized spacial score (nSPS) is 37.2. The van der Waals surface area contributed by atoms with Gasteiger partial charge in [0.15, 0.2) is 29.7 Å². The summed E-state index contributed by atoms with van der Waals surface area (Å²) in [4.78, 5) is 14.3. The molecule has 20 heteroatoms. The van der Waals surface area contributed by atoms with E-state index in [4.69, 9.17) is 37.6 Å². The van der Waals surface area contributed by atoms with E-state index in [0.29, 0.717) is 0 Å². The molecule has 3 aliphatic rings. The number of benzene rings is 2. The van der Waals surface area contributed by atoms with Crippen LogP contribution in [-0.2, 0) is 18.9 Å². The lowest BCUT2D eigenvalue weighted by Crippen LogP contribution is -2.64. The predicted octanol–water partition coefficient (Wildman–Crippen LogP) is -2.88. The minimum Gasteiger partial charge on any atom is -0.507 e. The first kappa shape index (κ1) is 39.8. The lowest BCUT2D eigenvalue weighted by molar-refractivity contribution is -0.355. The lowest BCUT2D eigenvalue weighted by Gasteiger charge is -2.45. The molecular weight excluding hydrogens is 728 g/mol. The summed E-state index contributed by atoms with van der Waals surface area (Å²) in [6, 6.07) is 5.95. The maximum Gasteiger partial charge on any atom is 0.239 e. The first-order chi connectivity index (χ1) is 25.6. The highest BCUT2D eigenvalue weighted by molar-refractivity contribution is 5.88. The fraction of sp³-hybridized carbons (Fsp3) is 0.559. The van der Waals surface area contributed by atoms with Crippen molar-refractivity contribution in [3.05, 3.63) is 40.6 Å². The van der Waals surface area contributed by atoms with Gasteiger partial charge < -0.3 is 93.7 Å². The number of aliphatic hydroxyl groups is 9. The highest BCUT2D eigenvalue weighted by Crippen LogP contribution is 2.41. The molecule has 15 atom stereocenters. The maximum absolute atomic E-state index is 14.3. The number of ether oxygens (including phenoxy) is 7. The average molecular weight is 771 g/mol. The molecule has 0 spiro atoms. The van der Waals surface area contributed by atoms with Gasteiger partial charge in [-0.15, -0.1) is 0 Å². The Labute approximate surface area is 305 Å². The van der Waals surface area contributed by atoms with Crippen molar-refractivity contribution >= 4 is 11.0 Å². The second kappa shape index (κ2) is 15.7. The van der Waals surface area contributed by atoms with Crippen molar-refractivity contribution in [3.8, 4) is 40.1 Å². The van der Waals surface area contributed by atoms with E-state index < -0.39 is 121 Å². The number of fused-ring (bicyclic) bond motifs is 1. The average Bonchev–Trinajstić information content (AvgIpc) is 3.14. The zero-order valence-corrected chi connectivity index (χ0v) is 28.8. The summed E-state index contributed by atoms with van der Waals surface area (Å²) < 4.78 is 45.5. The fourth-order valence-electron chi connectivity index (χ4n) is 6.38. The Kier molecular flexibility index (Phi) is 11.6. The van der Waals surface area contributed by atoms with Crippen molar-refractivity contribution in [2.24, 2.45) is 0 Å². The molecule has 0 aliphatic carbocycles. The van der Waals surface area contributed by atoms with Gasteiger partial charge >= 0.3 is 0 Å². The zero-order chi connectivity index (χ0) is 39.3. The molecule has 0 unspecified atom stereocenters. The van der Waals surface area contributed by atoms with Crippen molar-refractivity contribution in [3.63, 3.8) is 0 Å². The highest BCUT2D eigenvalue weighted by Gasteiger charge is 2.51. The standard InChI is InChI=1S/C34H42O20/c1-10-20(38)24(42)27(45)32(48-10)50-13-7-15(37)19-17(8-13)51-29(12-4-5-14(36)16(6-12)47-3)30(23(19)41)53-34-31(26(44)21(39)11(2)49-34)54-33-28(46)25(43)22(40)18(9-35)52-33/h4-8,10-11,18,20-22,24-28,31-40,42-46H,9H2,1-3H3/t10-,11-,18+,20-,21-,22+,24+,25-,26+,27+,28+,31+,32-,33-,34-/m0/s1. The van der Waals surface area contributed by atoms with Crippen LogP contribution in [0.4, 0.5) is 0 Å². The fourth-order valence-corrected chi connectivity index (χ4v) is 6.38. The quantitative estimate of drug-likeness (QED) is 0.104. The summed E-state index contributed by atoms with van der Waals surface area (Å²) in [6.07, 6.45) is -24.4. The van der Waals surface area contributed by atoms with Crippen molar-refractivity contribution in [1.29, 1.82) is 0 Å². The van der Waals surface area contributed by atoms with Gasteiger partial charge in [0, 0.05) is 17.7 Å². The Morgan fingerprint density at radius 3 is 1.98 bits per heavy atom. The van der Waals surface area contributed by atoms with Crippen LogP contribution in [0.15, 0.2) is 39.5 Å². The Bertz CT molecular complexity index is 1850. The molecule has 6 rings (SSSR count). The largest absolute Gasteiger partial charge is 0.507 e. The van der Waals surface area contributed by atoms with Gasteiger partial charge in [-0.2, -0.15) is 0 Å². The zero-order valence-electron chi connectivity index (χ0n) is 28.8. The summed E-state index contributed by atoms with van der Waals surface area (Å²) in [6.45, 7) is 1.99. The van der Waals surface area contributed by atoms with Gasteiger partial charge in [0.1, 0.15) is 77.4 Å². The van der Waals surface area contributed by atoms with E-state index in [2.05, 4.69) is 0 Å². The molecule has 1 aromatic heterocycles. The first-order valence-electron chi connectivity index (χ1n) is 16.8. The first-order valence-corrected chi connectivity index (χ1v) is 16.8. The van der Waals surface area contributed by atoms with Gasteiger partial charge in [-0.3, -0.25) is 4.79 Å². The van der Waals surface area contributed by atoms with Crippen molar-refractivity contribution < 1.29 is 93.7 Å². The number of rotatable bonds is 9. The molecule has 3 fully saturated rings. The van der Waals surface area contributed by atoms with E-state index in [-0.39, 0.29) is 34.2 Å². The Morgan fingerprint density at radius 1 is 0.685 bits per heavy atom. The van der Waals surface area contributed by atoms with Gasteiger partial charge in [0.25, 0.3) is 0 Å². The third-order valence-electron chi connectivity index (χ3n) is 9.57. The Morgan fingerprint density at radius 2 is 1.31 bits per heavy atom. The molecule has 3 saturated heterocycles. The second-order valence-corrected chi connectivity index (χ2v) is 13.2. The highest BCUT2D eigenvalue weighted by atomic mass is 16.8. The monoisotopic (exact) mass is 770 g/mol. The maximum atomic E-state index is 14.3. The smallest absolute Gasteiger partial charge is 0.239 e. The van der Waals surface area contributed by atoms with Gasteiger partial charge in [-0.05, 0) is 32.0 Å². The van der Waals surface area contributed by atoms with Crippen molar-refractivity contribution in [1.82, 2.24) is 0 Å². The molecule has 0 radical (unpaired) electrons. The SMILES string of the molecule is COc1cc(-c2oc3cc(O[C@@H]4O[C@@H](C)[C@H](O)[C@@H](O)[C@H]4O)cc(O)c3c(=O)c2O[C@@H]2O[C@@H](C)[C@H](O)[C@@H](O)[C@H]2O[C@@H]2O[C@H](CO)[C@@H](O)[C@H](O)[C@H]2O)ccc1O. The van der Waals surface area contributed by atoms with Crippen LogP contribution < -0.4 is 19.6 Å². The summed E-state index contributed by atoms with van der Waals surface area (Å²) in [7, 11) is 1.26. The van der Waals surface area contributed by atoms with Crippen LogP contribution in [-0.4, -0.2) is 162 Å². The minimum absolute atomic E-state index is 0.0530. The van der Waals surface area contributed by atoms with E-state index in [1.807, 2.05) is 0 Å². The molecule has 2 aromatic carbocycles. The predicted molar refractivity (Wildman–Crippen MR) is 176 cm³/mol. The van der Waals surface area contributed by atoms with Gasteiger partial charge in [-0.25, -0.2) is 0 Å². The van der Waals surface area contributed by atoms with Crippen LogP contribution in [0, 0.1) is 0 Å². The van der Waals surface area contributed by atoms with Crippen LogP contribution in [0.2, 0.25) is 0 Å². The van der Waals surface area contributed by atoms with E-state index in [9.17, 15) is 61.0 Å². The number of aliphatic hydroxyl groups excluding tert-OH is 9. The Balaban J connectivity index is 1.43. The number of aromatic hydroxyl groups is 2. The number of phenolic OH excluding ortho intramolecular Hbond substituents is 2. The molecule has 0 saturated carbocycles. The molecule has 4 heterocycles. The van der Waals surface area contributed by atoms with Gasteiger partial charge in [-0.1, -0.05) is 0 Å². The number of hydrogen-bond donors (Lipinski definition) is 11. The van der Waals surface area contributed by atoms with Crippen LogP contribution >= 0.6 is 0 Å². The molecule has 3 aliphatic heterocycles. The summed E-state index contributed by atoms with van der Waals surface area (Å²) in [5.74, 6) is -2.32. The molecular formula is C34H42O20. The molecule has 3 aromatic rings. The van der Waals surface area contributed by atoms with E-state index in [1.165, 1.54) is 39.2 Å². The minimum atomic E-state index is -1.94. The Hall–Kier alpha value is -3.87. The third kappa shape index (κ3) is 7.29. The number of phenols is 2. The lowest BCUT2D eigenvalue weighted by atomic mass is 9.97. The number of methoxy groups -OCH3 is 1. The van der Waals surface area contributed by atoms with Crippen molar-refractivity contribution in [2.45, 2.75) is 106 Å². The topological polar surface area (TPSA) is 317 Å². The van der Waals surface area contributed by atoms with E-state index in [1.54, 1.807) is 0 Å².